The van der Waals surface area contributed by atoms with E-state index in [1.807, 2.05) is 6.26 Å². The van der Waals surface area contributed by atoms with E-state index >= 15 is 0 Å². The summed E-state index contributed by atoms with van der Waals surface area (Å²) in [6.07, 6.45) is 3.54. The molecule has 3 aromatic rings. The van der Waals surface area contributed by atoms with Gasteiger partial charge in [0, 0.05) is 30.0 Å². The summed E-state index contributed by atoms with van der Waals surface area (Å²) in [6, 6.07) is 7.49. The molecule has 0 N–H and O–H groups in total. The molecule has 0 amide bonds. The Kier molecular flexibility index (Phi) is 7.63. The maximum absolute atomic E-state index is 13.3. The predicted octanol–water partition coefficient (Wildman–Crippen LogP) is 5.98. The number of fused-ring (bicyclic) bond motifs is 1. The van der Waals surface area contributed by atoms with Gasteiger partial charge < -0.3 is 0 Å². The molecule has 178 valence electrons. The van der Waals surface area contributed by atoms with E-state index in [2.05, 4.69) is 63.0 Å². The van der Waals surface area contributed by atoms with Gasteiger partial charge in [-0.1, -0.05) is 65.3 Å². The molecule has 34 heavy (non-hydrogen) atoms. The second kappa shape index (κ2) is 10.1. The van der Waals surface area contributed by atoms with Crippen LogP contribution in [0.4, 0.5) is 5.69 Å². The van der Waals surface area contributed by atoms with Gasteiger partial charge in [0.05, 0.1) is 16.0 Å². The molecule has 0 aliphatic rings. The first-order valence-electron chi connectivity index (χ1n) is 11.3. The summed E-state index contributed by atoms with van der Waals surface area (Å²) in [4.78, 5) is 33.2. The second-order valence-corrected chi connectivity index (χ2v) is 15.6. The summed E-state index contributed by atoms with van der Waals surface area (Å²) < 4.78 is 1.40. The summed E-state index contributed by atoms with van der Waals surface area (Å²) in [6.45, 7) is 13.5. The molecule has 0 radical (unpaired) electrons. The van der Waals surface area contributed by atoms with Crippen LogP contribution in [0, 0.1) is 21.6 Å². The van der Waals surface area contributed by atoms with Crippen molar-refractivity contribution in [2.24, 2.45) is 0 Å². The number of pyridine rings is 1. The number of thioether (sulfide) groups is 1. The molecular formula is C25H30N4O3SSi. The molecule has 0 aliphatic carbocycles. The SMILES string of the molecule is CSc1ncc2c(C#C[Si](C(C)C)(C(C)C)C(C)C)cc(=O)n(-c3cccc([N+](=O)[O-])c3)c2n1. The van der Waals surface area contributed by atoms with E-state index in [-0.39, 0.29) is 11.2 Å². The van der Waals surface area contributed by atoms with Crippen LogP contribution in [0.25, 0.3) is 16.7 Å². The fourth-order valence-corrected chi connectivity index (χ4v) is 10.4. The Morgan fingerprint density at radius 2 is 1.74 bits per heavy atom. The molecule has 0 spiro atoms. The van der Waals surface area contributed by atoms with Crippen LogP contribution in [-0.2, 0) is 0 Å². The minimum atomic E-state index is -2.02. The normalized spacial score (nSPS) is 11.8. The van der Waals surface area contributed by atoms with Crippen molar-refractivity contribution in [2.45, 2.75) is 63.3 Å². The number of nitro groups is 1. The molecule has 0 saturated carbocycles. The Morgan fingerprint density at radius 1 is 1.09 bits per heavy atom. The number of rotatable bonds is 6. The van der Waals surface area contributed by atoms with Gasteiger partial charge in [0.15, 0.2) is 10.8 Å². The molecule has 7 nitrogen and oxygen atoms in total. The lowest BCUT2D eigenvalue weighted by atomic mass is 10.2. The summed E-state index contributed by atoms with van der Waals surface area (Å²) in [5, 5.41) is 12.5. The van der Waals surface area contributed by atoms with Crippen molar-refractivity contribution in [1.29, 1.82) is 0 Å². The first-order valence-corrected chi connectivity index (χ1v) is 14.7. The highest BCUT2D eigenvalue weighted by Crippen LogP contribution is 2.40. The van der Waals surface area contributed by atoms with Gasteiger partial charge >= 0.3 is 0 Å². The van der Waals surface area contributed by atoms with Crippen LogP contribution in [0.1, 0.15) is 47.1 Å². The molecule has 3 rings (SSSR count). The third-order valence-electron chi connectivity index (χ3n) is 6.50. The number of non-ortho nitro benzene ring substituents is 1. The van der Waals surface area contributed by atoms with Crippen molar-refractivity contribution < 1.29 is 4.92 Å². The standard InChI is InChI=1S/C25H30N4O3SSi/c1-16(2)34(17(3)4,18(5)6)12-11-19-13-23(30)28(20-9-8-10-21(14-20)29(31)32)24-22(19)15-26-25(27-24)33-7/h8-10,13-18H,1-7H3. The van der Waals surface area contributed by atoms with Gasteiger partial charge in [0.25, 0.3) is 11.2 Å². The maximum atomic E-state index is 13.3. The number of hydrogen-bond acceptors (Lipinski definition) is 6. The second-order valence-electron chi connectivity index (χ2n) is 9.25. The van der Waals surface area contributed by atoms with E-state index in [0.29, 0.717) is 44.1 Å². The van der Waals surface area contributed by atoms with Crippen LogP contribution in [0.3, 0.4) is 0 Å². The number of nitrogens with zero attached hydrogens (tertiary/aromatic N) is 4. The van der Waals surface area contributed by atoms with Gasteiger partial charge in [-0.2, -0.15) is 0 Å². The monoisotopic (exact) mass is 494 g/mol. The summed E-state index contributed by atoms with van der Waals surface area (Å²) in [7, 11) is -2.02. The van der Waals surface area contributed by atoms with Crippen LogP contribution >= 0.6 is 11.8 Å². The van der Waals surface area contributed by atoms with Gasteiger partial charge in [-0.05, 0) is 28.9 Å². The highest BCUT2D eigenvalue weighted by Gasteiger charge is 2.41. The van der Waals surface area contributed by atoms with Crippen LogP contribution in [0.2, 0.25) is 16.6 Å². The zero-order chi connectivity index (χ0) is 25.2. The van der Waals surface area contributed by atoms with Crippen molar-refractivity contribution >= 4 is 36.6 Å². The Balaban J connectivity index is 2.35. The van der Waals surface area contributed by atoms with E-state index in [1.54, 1.807) is 18.3 Å². The average molecular weight is 495 g/mol. The molecule has 0 aliphatic heterocycles. The van der Waals surface area contributed by atoms with Crippen molar-refractivity contribution in [1.82, 2.24) is 14.5 Å². The third kappa shape index (κ3) is 4.65. The average Bonchev–Trinajstić information content (AvgIpc) is 2.78. The molecule has 1 aromatic carbocycles. The van der Waals surface area contributed by atoms with Crippen molar-refractivity contribution in [3.63, 3.8) is 0 Å². The van der Waals surface area contributed by atoms with E-state index in [9.17, 15) is 14.9 Å². The fraction of sp³-hybridized carbons (Fsp3) is 0.400. The van der Waals surface area contributed by atoms with Gasteiger partial charge in [0.2, 0.25) is 0 Å². The fourth-order valence-electron chi connectivity index (χ4n) is 4.89. The molecule has 0 unspecified atom stereocenters. The highest BCUT2D eigenvalue weighted by molar-refractivity contribution is 7.98. The summed E-state index contributed by atoms with van der Waals surface area (Å²) >= 11 is 1.36. The topological polar surface area (TPSA) is 90.9 Å². The Hall–Kier alpha value is -2.96. The van der Waals surface area contributed by atoms with Crippen LogP contribution in [0.15, 0.2) is 46.5 Å². The lowest BCUT2D eigenvalue weighted by Crippen LogP contribution is -2.43. The smallest absolute Gasteiger partial charge is 0.269 e. The minimum Gasteiger partial charge on any atom is -0.269 e. The van der Waals surface area contributed by atoms with Crippen LogP contribution in [0.5, 0.6) is 0 Å². The summed E-state index contributed by atoms with van der Waals surface area (Å²) in [5.41, 5.74) is 5.96. The lowest BCUT2D eigenvalue weighted by molar-refractivity contribution is -0.384. The maximum Gasteiger partial charge on any atom is 0.271 e. The quantitative estimate of drug-likeness (QED) is 0.105. The number of aromatic nitrogens is 3. The molecule has 0 fully saturated rings. The van der Waals surface area contributed by atoms with Crippen LogP contribution < -0.4 is 5.56 Å². The molecule has 9 heteroatoms. The predicted molar refractivity (Wildman–Crippen MR) is 141 cm³/mol. The Morgan fingerprint density at radius 3 is 2.29 bits per heavy atom. The molecule has 2 aromatic heterocycles. The van der Waals surface area contributed by atoms with E-state index < -0.39 is 13.0 Å². The molecular weight excluding hydrogens is 464 g/mol. The van der Waals surface area contributed by atoms with E-state index in [0.717, 1.165) is 0 Å². The van der Waals surface area contributed by atoms with E-state index in [1.165, 1.54) is 34.5 Å². The zero-order valence-corrected chi connectivity index (χ0v) is 22.4. The molecule has 2 heterocycles. The first kappa shape index (κ1) is 25.7. The zero-order valence-electron chi connectivity index (χ0n) is 20.6. The Bertz CT molecular complexity index is 1330. The molecule has 0 saturated heterocycles. The van der Waals surface area contributed by atoms with Gasteiger partial charge in [-0.15, -0.1) is 5.54 Å². The van der Waals surface area contributed by atoms with Gasteiger partial charge in [-0.25, -0.2) is 9.97 Å². The van der Waals surface area contributed by atoms with Crippen molar-refractivity contribution in [3.8, 4) is 17.2 Å². The van der Waals surface area contributed by atoms with Crippen molar-refractivity contribution in [2.75, 3.05) is 6.26 Å². The van der Waals surface area contributed by atoms with Gasteiger partial charge in [-0.3, -0.25) is 19.5 Å². The summed E-state index contributed by atoms with van der Waals surface area (Å²) in [5.74, 6) is 3.36. The van der Waals surface area contributed by atoms with E-state index in [4.69, 9.17) is 0 Å². The third-order valence-corrected chi connectivity index (χ3v) is 13.3. The first-order chi connectivity index (χ1) is 16.0. The number of benzene rings is 1. The largest absolute Gasteiger partial charge is 0.271 e. The Labute approximate surface area is 205 Å². The number of nitro benzene ring substituents is 1. The number of hydrogen-bond donors (Lipinski definition) is 0. The minimum absolute atomic E-state index is 0.0952. The highest BCUT2D eigenvalue weighted by atomic mass is 32.2. The van der Waals surface area contributed by atoms with Crippen LogP contribution in [-0.4, -0.2) is 33.8 Å². The van der Waals surface area contributed by atoms with Gasteiger partial charge in [0.1, 0.15) is 8.07 Å². The lowest BCUT2D eigenvalue weighted by Gasteiger charge is -2.38. The van der Waals surface area contributed by atoms with Crippen molar-refractivity contribution in [3.05, 3.63) is 62.6 Å². The molecule has 0 atom stereocenters. The molecule has 0 bridgehead atoms.